The molecule has 0 aromatic heterocycles. The highest BCUT2D eigenvalue weighted by Crippen LogP contribution is 2.30. The number of hydrogen-bond acceptors (Lipinski definition) is 2. The molecule has 2 nitrogen and oxygen atoms in total. The van der Waals surface area contributed by atoms with Gasteiger partial charge in [-0.1, -0.05) is 19.8 Å². The Kier molecular flexibility index (Phi) is 5.20. The molecule has 2 rings (SSSR count). The SMILES string of the molecule is CCC1CCCC(Oc2cc(F)cc(CNC)c2)C1. The van der Waals surface area contributed by atoms with Gasteiger partial charge >= 0.3 is 0 Å². The van der Waals surface area contributed by atoms with E-state index in [2.05, 4.69) is 12.2 Å². The van der Waals surface area contributed by atoms with Gasteiger partial charge in [0.25, 0.3) is 0 Å². The van der Waals surface area contributed by atoms with Crippen molar-refractivity contribution in [2.24, 2.45) is 5.92 Å². The normalized spacial score (nSPS) is 23.3. The van der Waals surface area contributed by atoms with Crippen LogP contribution in [-0.2, 0) is 6.54 Å². The van der Waals surface area contributed by atoms with Gasteiger partial charge in [-0.05, 0) is 49.9 Å². The molecule has 2 unspecified atom stereocenters. The Morgan fingerprint density at radius 3 is 2.89 bits per heavy atom. The van der Waals surface area contributed by atoms with E-state index < -0.39 is 0 Å². The van der Waals surface area contributed by atoms with Crippen LogP contribution < -0.4 is 10.1 Å². The number of halogens is 1. The molecule has 0 spiro atoms. The highest BCUT2D eigenvalue weighted by molar-refractivity contribution is 5.29. The van der Waals surface area contributed by atoms with Gasteiger partial charge in [0.15, 0.2) is 0 Å². The van der Waals surface area contributed by atoms with Gasteiger partial charge in [-0.2, -0.15) is 0 Å². The predicted octanol–water partition coefficient (Wildman–Crippen LogP) is 3.89. The van der Waals surface area contributed by atoms with Gasteiger partial charge in [0.05, 0.1) is 6.10 Å². The Bertz CT molecular complexity index is 408. The molecule has 19 heavy (non-hydrogen) atoms. The van der Waals surface area contributed by atoms with Crippen LogP contribution in [0.4, 0.5) is 4.39 Å². The lowest BCUT2D eigenvalue weighted by Crippen LogP contribution is -2.25. The lowest BCUT2D eigenvalue weighted by Gasteiger charge is -2.29. The van der Waals surface area contributed by atoms with Crippen molar-refractivity contribution in [1.82, 2.24) is 5.32 Å². The van der Waals surface area contributed by atoms with E-state index in [4.69, 9.17) is 4.74 Å². The molecule has 106 valence electrons. The van der Waals surface area contributed by atoms with Crippen LogP contribution in [-0.4, -0.2) is 13.2 Å². The Balaban J connectivity index is 2.01. The summed E-state index contributed by atoms with van der Waals surface area (Å²) in [6.45, 7) is 2.90. The zero-order chi connectivity index (χ0) is 13.7. The lowest BCUT2D eigenvalue weighted by atomic mass is 9.85. The van der Waals surface area contributed by atoms with Crippen LogP contribution in [0.1, 0.15) is 44.6 Å². The van der Waals surface area contributed by atoms with Crippen molar-refractivity contribution in [2.75, 3.05) is 7.05 Å². The Hall–Kier alpha value is -1.09. The minimum Gasteiger partial charge on any atom is -0.490 e. The summed E-state index contributed by atoms with van der Waals surface area (Å²) in [5.41, 5.74) is 0.931. The van der Waals surface area contributed by atoms with E-state index in [0.29, 0.717) is 12.3 Å². The average Bonchev–Trinajstić information content (AvgIpc) is 2.38. The summed E-state index contributed by atoms with van der Waals surface area (Å²) in [6.07, 6.45) is 6.20. The van der Waals surface area contributed by atoms with Crippen LogP contribution >= 0.6 is 0 Å². The fraction of sp³-hybridized carbons (Fsp3) is 0.625. The number of ether oxygens (including phenoxy) is 1. The van der Waals surface area contributed by atoms with E-state index in [-0.39, 0.29) is 11.9 Å². The first-order valence-electron chi connectivity index (χ1n) is 7.32. The first-order valence-corrected chi connectivity index (χ1v) is 7.32. The predicted molar refractivity (Wildman–Crippen MR) is 75.8 cm³/mol. The third kappa shape index (κ3) is 4.20. The molecule has 1 aromatic rings. The zero-order valence-electron chi connectivity index (χ0n) is 11.9. The van der Waals surface area contributed by atoms with E-state index >= 15 is 0 Å². The van der Waals surface area contributed by atoms with Crippen molar-refractivity contribution in [3.05, 3.63) is 29.6 Å². The van der Waals surface area contributed by atoms with Crippen molar-refractivity contribution in [1.29, 1.82) is 0 Å². The topological polar surface area (TPSA) is 21.3 Å². The number of benzene rings is 1. The monoisotopic (exact) mass is 265 g/mol. The molecule has 0 heterocycles. The molecule has 0 aliphatic heterocycles. The largest absolute Gasteiger partial charge is 0.490 e. The van der Waals surface area contributed by atoms with Crippen molar-refractivity contribution >= 4 is 0 Å². The van der Waals surface area contributed by atoms with E-state index in [1.54, 1.807) is 6.07 Å². The molecular formula is C16H24FNO. The molecule has 0 saturated heterocycles. The van der Waals surface area contributed by atoms with Gasteiger partial charge in [-0.3, -0.25) is 0 Å². The molecule has 3 heteroatoms. The van der Waals surface area contributed by atoms with Crippen LogP contribution in [0.2, 0.25) is 0 Å². The number of rotatable bonds is 5. The van der Waals surface area contributed by atoms with Crippen LogP contribution in [0.15, 0.2) is 18.2 Å². The second-order valence-electron chi connectivity index (χ2n) is 5.51. The van der Waals surface area contributed by atoms with E-state index in [1.165, 1.54) is 25.3 Å². The van der Waals surface area contributed by atoms with Gasteiger partial charge in [0.1, 0.15) is 11.6 Å². The zero-order valence-corrected chi connectivity index (χ0v) is 11.9. The molecule has 1 saturated carbocycles. The lowest BCUT2D eigenvalue weighted by molar-refractivity contribution is 0.121. The molecule has 1 aliphatic rings. The molecule has 2 atom stereocenters. The molecule has 1 fully saturated rings. The third-order valence-electron chi connectivity index (χ3n) is 3.93. The van der Waals surface area contributed by atoms with Crippen LogP contribution in [0, 0.1) is 11.7 Å². The Morgan fingerprint density at radius 2 is 2.16 bits per heavy atom. The Morgan fingerprint density at radius 1 is 1.32 bits per heavy atom. The van der Waals surface area contributed by atoms with Gasteiger partial charge in [-0.15, -0.1) is 0 Å². The first-order chi connectivity index (χ1) is 9.21. The van der Waals surface area contributed by atoms with E-state index in [0.717, 1.165) is 24.3 Å². The Labute approximate surface area is 115 Å². The van der Waals surface area contributed by atoms with Crippen LogP contribution in [0.5, 0.6) is 5.75 Å². The standard InChI is InChI=1S/C16H24FNO/c1-3-12-5-4-6-15(8-12)19-16-9-13(11-18-2)7-14(17)10-16/h7,9-10,12,15,18H,3-6,8,11H2,1-2H3. The summed E-state index contributed by atoms with van der Waals surface area (Å²) in [6, 6.07) is 4.99. The second kappa shape index (κ2) is 6.90. The van der Waals surface area contributed by atoms with Crippen molar-refractivity contribution in [2.45, 2.75) is 51.7 Å². The summed E-state index contributed by atoms with van der Waals surface area (Å²) in [4.78, 5) is 0. The highest BCUT2D eigenvalue weighted by atomic mass is 19.1. The maximum atomic E-state index is 13.5. The van der Waals surface area contributed by atoms with Crippen molar-refractivity contribution < 1.29 is 9.13 Å². The number of nitrogens with one attached hydrogen (secondary N) is 1. The molecule has 1 aliphatic carbocycles. The minimum atomic E-state index is -0.217. The molecule has 0 bridgehead atoms. The second-order valence-corrected chi connectivity index (χ2v) is 5.51. The molecule has 0 radical (unpaired) electrons. The molecule has 1 N–H and O–H groups in total. The molecule has 1 aromatic carbocycles. The van der Waals surface area contributed by atoms with Crippen LogP contribution in [0.3, 0.4) is 0 Å². The summed E-state index contributed by atoms with van der Waals surface area (Å²) in [5, 5.41) is 3.04. The van der Waals surface area contributed by atoms with Crippen molar-refractivity contribution in [3.63, 3.8) is 0 Å². The summed E-state index contributed by atoms with van der Waals surface area (Å²) in [5.74, 6) is 1.22. The smallest absolute Gasteiger partial charge is 0.127 e. The van der Waals surface area contributed by atoms with Gasteiger partial charge in [0.2, 0.25) is 0 Å². The first kappa shape index (κ1) is 14.3. The van der Waals surface area contributed by atoms with Gasteiger partial charge in [-0.25, -0.2) is 4.39 Å². The van der Waals surface area contributed by atoms with E-state index in [1.807, 2.05) is 13.1 Å². The number of hydrogen-bond donors (Lipinski definition) is 1. The van der Waals surface area contributed by atoms with Crippen LogP contribution in [0.25, 0.3) is 0 Å². The quantitative estimate of drug-likeness (QED) is 0.872. The van der Waals surface area contributed by atoms with Gasteiger partial charge in [0, 0.05) is 12.6 Å². The minimum absolute atomic E-state index is 0.217. The summed E-state index contributed by atoms with van der Waals surface area (Å²) in [7, 11) is 1.86. The maximum Gasteiger partial charge on any atom is 0.127 e. The van der Waals surface area contributed by atoms with Gasteiger partial charge < -0.3 is 10.1 Å². The maximum absolute atomic E-state index is 13.5. The van der Waals surface area contributed by atoms with Crippen molar-refractivity contribution in [3.8, 4) is 5.75 Å². The summed E-state index contributed by atoms with van der Waals surface area (Å²) < 4.78 is 19.5. The highest BCUT2D eigenvalue weighted by Gasteiger charge is 2.22. The average molecular weight is 265 g/mol. The molecule has 0 amide bonds. The fourth-order valence-electron chi connectivity index (χ4n) is 2.91. The summed E-state index contributed by atoms with van der Waals surface area (Å²) >= 11 is 0. The fourth-order valence-corrected chi connectivity index (χ4v) is 2.91. The third-order valence-corrected chi connectivity index (χ3v) is 3.93. The molecular weight excluding hydrogens is 241 g/mol. The van der Waals surface area contributed by atoms with E-state index in [9.17, 15) is 4.39 Å².